The molecule has 0 radical (unpaired) electrons. The van der Waals surface area contributed by atoms with Crippen LogP contribution in [-0.4, -0.2) is 37.8 Å². The van der Waals surface area contributed by atoms with Gasteiger partial charge in [0.05, 0.1) is 23.0 Å². The first-order valence-corrected chi connectivity index (χ1v) is 9.73. The molecule has 8 heteroatoms. The molecule has 3 aromatic heterocycles. The first-order chi connectivity index (χ1) is 14.8. The number of imidazole rings is 1. The standard InChI is InChI=1S/C23H22N4O4/c1-14-10-20(31-27-14)19-12-25-21(26-19)16-6-9-18(24-11-16)15-4-7-17(8-5-15)30-13-23(2,3)22(28)29/h4-12H,13H2,1-3H3,(H,25,26)(H,28,29). The molecule has 1 aromatic carbocycles. The van der Waals surface area contributed by atoms with Crippen molar-refractivity contribution in [3.8, 4) is 39.8 Å². The van der Waals surface area contributed by atoms with E-state index in [4.69, 9.17) is 9.26 Å². The second-order valence-corrected chi connectivity index (χ2v) is 7.91. The molecule has 4 aromatic rings. The summed E-state index contributed by atoms with van der Waals surface area (Å²) < 4.78 is 10.9. The van der Waals surface area contributed by atoms with Crippen LogP contribution in [0, 0.1) is 12.3 Å². The average molecular weight is 418 g/mol. The summed E-state index contributed by atoms with van der Waals surface area (Å²) in [6.07, 6.45) is 3.46. The topological polar surface area (TPSA) is 114 Å². The van der Waals surface area contributed by atoms with Gasteiger partial charge in [-0.05, 0) is 57.2 Å². The van der Waals surface area contributed by atoms with Gasteiger partial charge in [0.2, 0.25) is 0 Å². The minimum absolute atomic E-state index is 0.0907. The highest BCUT2D eigenvalue weighted by Gasteiger charge is 2.28. The number of H-pyrrole nitrogens is 1. The van der Waals surface area contributed by atoms with Crippen molar-refractivity contribution in [3.05, 3.63) is 60.6 Å². The zero-order chi connectivity index (χ0) is 22.0. The number of aromatic nitrogens is 4. The zero-order valence-corrected chi connectivity index (χ0v) is 17.4. The van der Waals surface area contributed by atoms with Gasteiger partial charge in [-0.15, -0.1) is 0 Å². The molecule has 0 atom stereocenters. The molecular weight excluding hydrogens is 396 g/mol. The number of aliphatic carboxylic acids is 1. The number of pyridine rings is 1. The molecule has 0 saturated carbocycles. The molecule has 8 nitrogen and oxygen atoms in total. The van der Waals surface area contributed by atoms with Crippen molar-refractivity contribution in [1.82, 2.24) is 20.1 Å². The van der Waals surface area contributed by atoms with Gasteiger partial charge in [0.25, 0.3) is 0 Å². The number of hydrogen-bond acceptors (Lipinski definition) is 6. The van der Waals surface area contributed by atoms with E-state index in [9.17, 15) is 9.90 Å². The molecule has 0 aliphatic carbocycles. The molecule has 0 saturated heterocycles. The second-order valence-electron chi connectivity index (χ2n) is 7.91. The van der Waals surface area contributed by atoms with Crippen LogP contribution in [0.25, 0.3) is 34.1 Å². The zero-order valence-electron chi connectivity index (χ0n) is 17.4. The van der Waals surface area contributed by atoms with Crippen LogP contribution < -0.4 is 4.74 Å². The van der Waals surface area contributed by atoms with Crippen LogP contribution in [0.5, 0.6) is 5.75 Å². The largest absolute Gasteiger partial charge is 0.492 e. The Balaban J connectivity index is 1.45. The molecule has 4 rings (SSSR count). The molecule has 2 N–H and O–H groups in total. The van der Waals surface area contributed by atoms with Crippen LogP contribution in [0.2, 0.25) is 0 Å². The Morgan fingerprint density at radius 1 is 1.10 bits per heavy atom. The van der Waals surface area contributed by atoms with Gasteiger partial charge in [-0.1, -0.05) is 5.16 Å². The number of carboxylic acid groups (broad SMARTS) is 1. The predicted octanol–water partition coefficient (Wildman–Crippen LogP) is 4.59. The summed E-state index contributed by atoms with van der Waals surface area (Å²) in [5, 5.41) is 13.1. The number of rotatable bonds is 7. The van der Waals surface area contributed by atoms with E-state index >= 15 is 0 Å². The van der Waals surface area contributed by atoms with Crippen LogP contribution in [0.4, 0.5) is 0 Å². The third-order valence-corrected chi connectivity index (χ3v) is 4.83. The van der Waals surface area contributed by atoms with Gasteiger partial charge in [0, 0.05) is 23.4 Å². The molecule has 0 aliphatic rings. The SMILES string of the molecule is Cc1cc(-c2cnc(-c3ccc(-c4ccc(OCC(C)(C)C(=O)O)cc4)nc3)[nH]2)on1. The molecule has 3 heterocycles. The Labute approximate surface area is 178 Å². The smallest absolute Gasteiger partial charge is 0.312 e. The molecule has 0 fully saturated rings. The van der Waals surface area contributed by atoms with Gasteiger partial charge in [-0.3, -0.25) is 9.78 Å². The van der Waals surface area contributed by atoms with Crippen molar-refractivity contribution < 1.29 is 19.2 Å². The van der Waals surface area contributed by atoms with E-state index < -0.39 is 11.4 Å². The minimum atomic E-state index is -0.950. The fourth-order valence-electron chi connectivity index (χ4n) is 2.84. The van der Waals surface area contributed by atoms with Crippen LogP contribution in [0.1, 0.15) is 19.5 Å². The van der Waals surface area contributed by atoms with Gasteiger partial charge in [-0.2, -0.15) is 0 Å². The first kappa shape index (κ1) is 20.3. The van der Waals surface area contributed by atoms with Crippen LogP contribution >= 0.6 is 0 Å². The minimum Gasteiger partial charge on any atom is -0.492 e. The van der Waals surface area contributed by atoms with Crippen molar-refractivity contribution in [2.45, 2.75) is 20.8 Å². The number of aryl methyl sites for hydroxylation is 1. The average Bonchev–Trinajstić information content (AvgIpc) is 3.42. The third kappa shape index (κ3) is 4.48. The number of carboxylic acids is 1. The van der Waals surface area contributed by atoms with E-state index in [1.165, 1.54) is 0 Å². The van der Waals surface area contributed by atoms with Gasteiger partial charge in [0.1, 0.15) is 23.9 Å². The monoisotopic (exact) mass is 418 g/mol. The van der Waals surface area contributed by atoms with E-state index in [2.05, 4.69) is 20.1 Å². The fraction of sp³-hybridized carbons (Fsp3) is 0.217. The van der Waals surface area contributed by atoms with Gasteiger partial charge in [-0.25, -0.2) is 4.98 Å². The molecular formula is C23H22N4O4. The quantitative estimate of drug-likeness (QED) is 0.451. The third-order valence-electron chi connectivity index (χ3n) is 4.83. The highest BCUT2D eigenvalue weighted by atomic mass is 16.5. The van der Waals surface area contributed by atoms with Crippen LogP contribution in [0.3, 0.4) is 0 Å². The summed E-state index contributed by atoms with van der Waals surface area (Å²) in [5.74, 6) is 1.04. The van der Waals surface area contributed by atoms with E-state index in [-0.39, 0.29) is 6.61 Å². The second kappa shape index (κ2) is 8.06. The van der Waals surface area contributed by atoms with Crippen molar-refractivity contribution in [2.24, 2.45) is 5.41 Å². The van der Waals surface area contributed by atoms with E-state index in [0.29, 0.717) is 17.3 Å². The maximum atomic E-state index is 11.2. The van der Waals surface area contributed by atoms with E-state index in [1.54, 1.807) is 38.4 Å². The van der Waals surface area contributed by atoms with Crippen molar-refractivity contribution in [1.29, 1.82) is 0 Å². The van der Waals surface area contributed by atoms with Gasteiger partial charge >= 0.3 is 5.97 Å². The number of ether oxygens (including phenoxy) is 1. The summed E-state index contributed by atoms with van der Waals surface area (Å²) in [4.78, 5) is 23.3. The van der Waals surface area contributed by atoms with E-state index in [1.807, 2.05) is 37.3 Å². The molecule has 0 bridgehead atoms. The Kier molecular flexibility index (Phi) is 5.29. The lowest BCUT2D eigenvalue weighted by Crippen LogP contribution is -2.30. The fourth-order valence-corrected chi connectivity index (χ4v) is 2.84. The Hall–Kier alpha value is -3.94. The number of aromatic amines is 1. The Bertz CT molecular complexity index is 1190. The maximum absolute atomic E-state index is 11.2. The highest BCUT2D eigenvalue weighted by Crippen LogP contribution is 2.26. The molecule has 0 amide bonds. The van der Waals surface area contributed by atoms with Crippen molar-refractivity contribution >= 4 is 5.97 Å². The summed E-state index contributed by atoms with van der Waals surface area (Å²) in [5.41, 5.74) is 3.18. The van der Waals surface area contributed by atoms with Crippen LogP contribution in [0.15, 0.2) is 59.4 Å². The first-order valence-electron chi connectivity index (χ1n) is 9.73. The molecule has 0 aliphatic heterocycles. The number of nitrogens with zero attached hydrogens (tertiary/aromatic N) is 3. The molecule has 158 valence electrons. The van der Waals surface area contributed by atoms with Gasteiger partial charge in [0.15, 0.2) is 5.76 Å². The maximum Gasteiger partial charge on any atom is 0.312 e. The van der Waals surface area contributed by atoms with Crippen molar-refractivity contribution in [2.75, 3.05) is 6.61 Å². The number of carbonyl (C=O) groups is 1. The summed E-state index contributed by atoms with van der Waals surface area (Å²) >= 11 is 0. The lowest BCUT2D eigenvalue weighted by atomic mass is 9.95. The highest BCUT2D eigenvalue weighted by molar-refractivity contribution is 5.73. The summed E-state index contributed by atoms with van der Waals surface area (Å²) in [6.45, 7) is 5.21. The van der Waals surface area contributed by atoms with Crippen molar-refractivity contribution in [3.63, 3.8) is 0 Å². The number of hydrogen-bond donors (Lipinski definition) is 2. The summed E-state index contributed by atoms with van der Waals surface area (Å²) in [7, 11) is 0. The Morgan fingerprint density at radius 3 is 2.45 bits per heavy atom. The predicted molar refractivity (Wildman–Crippen MR) is 114 cm³/mol. The van der Waals surface area contributed by atoms with Crippen LogP contribution in [-0.2, 0) is 4.79 Å². The number of nitrogens with one attached hydrogen (secondary N) is 1. The van der Waals surface area contributed by atoms with E-state index in [0.717, 1.165) is 28.2 Å². The lowest BCUT2D eigenvalue weighted by Gasteiger charge is -2.19. The molecule has 0 spiro atoms. The molecule has 31 heavy (non-hydrogen) atoms. The summed E-state index contributed by atoms with van der Waals surface area (Å²) in [6, 6.07) is 13.1. The normalized spacial score (nSPS) is 11.5. The Morgan fingerprint density at radius 2 is 1.84 bits per heavy atom. The van der Waals surface area contributed by atoms with Gasteiger partial charge < -0.3 is 19.4 Å². The molecule has 0 unspecified atom stereocenters. The lowest BCUT2D eigenvalue weighted by molar-refractivity contribution is -0.148. The number of benzene rings is 1.